The Morgan fingerprint density at radius 2 is 2.67 bits per heavy atom. The van der Waals surface area contributed by atoms with E-state index in [1.165, 1.54) is 24.4 Å². The Kier molecular flexibility index (Phi) is 2.15. The molecule has 1 aromatic rings. The van der Waals surface area contributed by atoms with Gasteiger partial charge in [-0.1, -0.05) is 13.3 Å². The van der Waals surface area contributed by atoms with E-state index in [0.29, 0.717) is 5.92 Å². The molecular formula is C9H13NOS. The van der Waals surface area contributed by atoms with Crippen molar-refractivity contribution in [3.8, 4) is 0 Å². The molecule has 0 amide bonds. The van der Waals surface area contributed by atoms with Crippen LogP contribution in [0.5, 0.6) is 0 Å². The Morgan fingerprint density at radius 1 is 1.83 bits per heavy atom. The average molecular weight is 183 g/mol. The predicted molar refractivity (Wildman–Crippen MR) is 49.0 cm³/mol. The molecule has 1 aliphatic carbocycles. The molecule has 2 rings (SSSR count). The van der Waals surface area contributed by atoms with Crippen LogP contribution in [0.4, 0.5) is 0 Å². The van der Waals surface area contributed by atoms with Gasteiger partial charge in [0.25, 0.3) is 0 Å². The lowest BCUT2D eigenvalue weighted by molar-refractivity contribution is 0.147. The lowest BCUT2D eigenvalue weighted by Gasteiger charge is -2.05. The van der Waals surface area contributed by atoms with E-state index < -0.39 is 0 Å². The number of rotatable bonds is 3. The monoisotopic (exact) mass is 183 g/mol. The molecule has 3 atom stereocenters. The molecule has 1 heterocycles. The Bertz CT molecular complexity index is 247. The second kappa shape index (κ2) is 3.15. The third kappa shape index (κ3) is 1.39. The highest BCUT2D eigenvalue weighted by molar-refractivity contribution is 7.03. The van der Waals surface area contributed by atoms with Gasteiger partial charge in [-0.15, -0.1) is 0 Å². The second-order valence-electron chi connectivity index (χ2n) is 3.47. The minimum atomic E-state index is -0.256. The van der Waals surface area contributed by atoms with E-state index >= 15 is 0 Å². The van der Waals surface area contributed by atoms with E-state index in [1.807, 2.05) is 5.38 Å². The first kappa shape index (κ1) is 8.20. The van der Waals surface area contributed by atoms with Gasteiger partial charge < -0.3 is 5.11 Å². The fraction of sp³-hybridized carbons (Fsp3) is 0.667. The van der Waals surface area contributed by atoms with E-state index in [-0.39, 0.29) is 6.10 Å². The first-order chi connectivity index (χ1) is 5.83. The molecule has 66 valence electrons. The van der Waals surface area contributed by atoms with Gasteiger partial charge in [-0.25, -0.2) is 4.37 Å². The van der Waals surface area contributed by atoms with E-state index in [0.717, 1.165) is 11.5 Å². The molecule has 1 saturated carbocycles. The molecule has 1 aromatic heterocycles. The van der Waals surface area contributed by atoms with E-state index in [1.54, 1.807) is 6.20 Å². The molecule has 0 spiro atoms. The zero-order valence-electron chi connectivity index (χ0n) is 7.10. The molecule has 1 aliphatic rings. The fourth-order valence-corrected chi connectivity index (χ4v) is 2.30. The van der Waals surface area contributed by atoms with Crippen molar-refractivity contribution >= 4 is 11.5 Å². The molecule has 0 aromatic carbocycles. The van der Waals surface area contributed by atoms with Crippen molar-refractivity contribution in [1.29, 1.82) is 0 Å². The highest BCUT2D eigenvalue weighted by atomic mass is 32.1. The van der Waals surface area contributed by atoms with Gasteiger partial charge in [-0.2, -0.15) is 0 Å². The molecule has 3 heteroatoms. The number of aliphatic hydroxyl groups is 1. The zero-order chi connectivity index (χ0) is 8.55. The van der Waals surface area contributed by atoms with Crippen LogP contribution in [0.2, 0.25) is 0 Å². The average Bonchev–Trinajstić information content (AvgIpc) is 2.68. The van der Waals surface area contributed by atoms with Crippen LogP contribution in [0.1, 0.15) is 31.4 Å². The number of hydrogen-bond acceptors (Lipinski definition) is 3. The van der Waals surface area contributed by atoms with Gasteiger partial charge in [-0.05, 0) is 29.8 Å². The molecule has 0 bridgehead atoms. The highest BCUT2D eigenvalue weighted by Crippen LogP contribution is 2.49. The molecule has 0 aliphatic heterocycles. The largest absolute Gasteiger partial charge is 0.388 e. The predicted octanol–water partition coefficient (Wildman–Crippen LogP) is 2.22. The maximum atomic E-state index is 9.82. The third-order valence-corrected chi connectivity index (χ3v) is 3.30. The van der Waals surface area contributed by atoms with Crippen LogP contribution in [0, 0.1) is 11.8 Å². The second-order valence-corrected chi connectivity index (χ2v) is 4.13. The van der Waals surface area contributed by atoms with Crippen LogP contribution in [0.3, 0.4) is 0 Å². The first-order valence-electron chi connectivity index (χ1n) is 4.40. The van der Waals surface area contributed by atoms with Crippen molar-refractivity contribution < 1.29 is 5.11 Å². The molecule has 1 fully saturated rings. The lowest BCUT2D eigenvalue weighted by atomic mass is 10.1. The van der Waals surface area contributed by atoms with Gasteiger partial charge in [0, 0.05) is 17.1 Å². The van der Waals surface area contributed by atoms with Crippen LogP contribution in [-0.2, 0) is 0 Å². The van der Waals surface area contributed by atoms with E-state index in [2.05, 4.69) is 11.3 Å². The summed E-state index contributed by atoms with van der Waals surface area (Å²) in [6.45, 7) is 2.18. The van der Waals surface area contributed by atoms with Gasteiger partial charge in [0.05, 0.1) is 6.10 Å². The minimum Gasteiger partial charge on any atom is -0.388 e. The van der Waals surface area contributed by atoms with Crippen LogP contribution >= 0.6 is 11.5 Å². The van der Waals surface area contributed by atoms with Crippen molar-refractivity contribution in [1.82, 2.24) is 4.37 Å². The summed E-state index contributed by atoms with van der Waals surface area (Å²) in [6, 6.07) is 0. The maximum Gasteiger partial charge on any atom is 0.0844 e. The van der Waals surface area contributed by atoms with Gasteiger partial charge in [0.1, 0.15) is 0 Å². The van der Waals surface area contributed by atoms with Crippen LogP contribution < -0.4 is 0 Å². The summed E-state index contributed by atoms with van der Waals surface area (Å²) in [5.74, 6) is 1.26. The van der Waals surface area contributed by atoms with Crippen molar-refractivity contribution in [2.45, 2.75) is 25.9 Å². The first-order valence-corrected chi connectivity index (χ1v) is 5.24. The van der Waals surface area contributed by atoms with E-state index in [4.69, 9.17) is 0 Å². The van der Waals surface area contributed by atoms with Crippen molar-refractivity contribution in [2.75, 3.05) is 0 Å². The molecule has 1 unspecified atom stereocenters. The van der Waals surface area contributed by atoms with Gasteiger partial charge in [0.2, 0.25) is 0 Å². The summed E-state index contributed by atoms with van der Waals surface area (Å²) in [5, 5.41) is 11.8. The van der Waals surface area contributed by atoms with Crippen molar-refractivity contribution in [3.05, 3.63) is 17.1 Å². The van der Waals surface area contributed by atoms with Gasteiger partial charge >= 0.3 is 0 Å². The highest BCUT2D eigenvalue weighted by Gasteiger charge is 2.41. The number of aliphatic hydroxyl groups excluding tert-OH is 1. The summed E-state index contributed by atoms with van der Waals surface area (Å²) < 4.78 is 3.99. The SMILES string of the molecule is CC[C@@H]1C[C@H]1C(O)c1cnsc1. The topological polar surface area (TPSA) is 33.1 Å². The fourth-order valence-electron chi connectivity index (χ4n) is 1.73. The molecule has 1 N–H and O–H groups in total. The van der Waals surface area contributed by atoms with Gasteiger partial charge in [-0.3, -0.25) is 0 Å². The summed E-state index contributed by atoms with van der Waals surface area (Å²) in [4.78, 5) is 0. The van der Waals surface area contributed by atoms with Crippen molar-refractivity contribution in [2.24, 2.45) is 11.8 Å². The van der Waals surface area contributed by atoms with Crippen LogP contribution in [-0.4, -0.2) is 9.48 Å². The minimum absolute atomic E-state index is 0.256. The lowest BCUT2D eigenvalue weighted by Crippen LogP contribution is -1.99. The normalized spacial score (nSPS) is 30.2. The molecule has 12 heavy (non-hydrogen) atoms. The zero-order valence-corrected chi connectivity index (χ0v) is 7.92. The van der Waals surface area contributed by atoms with E-state index in [9.17, 15) is 5.11 Å². The Labute approximate surface area is 76.4 Å². The summed E-state index contributed by atoms with van der Waals surface area (Å²) in [6.07, 6.45) is 3.90. The Morgan fingerprint density at radius 3 is 3.17 bits per heavy atom. The summed E-state index contributed by atoms with van der Waals surface area (Å²) in [5.41, 5.74) is 1.00. The van der Waals surface area contributed by atoms with Crippen LogP contribution in [0.15, 0.2) is 11.6 Å². The van der Waals surface area contributed by atoms with Gasteiger partial charge in [0.15, 0.2) is 0 Å². The number of hydrogen-bond donors (Lipinski definition) is 1. The standard InChI is InChI=1S/C9H13NOS/c1-2-6-3-8(6)9(11)7-4-10-12-5-7/h4-6,8-9,11H,2-3H2,1H3/t6-,8-,9?/m1/s1. The third-order valence-electron chi connectivity index (χ3n) is 2.70. The van der Waals surface area contributed by atoms with Crippen molar-refractivity contribution in [3.63, 3.8) is 0 Å². The summed E-state index contributed by atoms with van der Waals surface area (Å²) >= 11 is 1.41. The smallest absolute Gasteiger partial charge is 0.0844 e. The molecular weight excluding hydrogens is 170 g/mol. The molecule has 2 nitrogen and oxygen atoms in total. The Balaban J connectivity index is 1.99. The maximum absolute atomic E-state index is 9.82. The number of aromatic nitrogens is 1. The summed E-state index contributed by atoms with van der Waals surface area (Å²) in [7, 11) is 0. The Hall–Kier alpha value is -0.410. The quantitative estimate of drug-likeness (QED) is 0.779. The molecule has 0 saturated heterocycles. The number of nitrogens with zero attached hydrogens (tertiary/aromatic N) is 1. The van der Waals surface area contributed by atoms with Crippen LogP contribution in [0.25, 0.3) is 0 Å². The molecule has 0 radical (unpaired) electrons.